The predicted molar refractivity (Wildman–Crippen MR) is 56.3 cm³/mol. The Hall–Kier alpha value is -0.570. The number of carboxylic acids is 1. The summed E-state index contributed by atoms with van der Waals surface area (Å²) in [5.74, 6) is -0.403. The van der Waals surface area contributed by atoms with Gasteiger partial charge in [0, 0.05) is 0 Å². The molecule has 1 unspecified atom stereocenters. The lowest BCUT2D eigenvalue weighted by atomic mass is 9.75. The number of carbonyl (C=O) groups is 1. The van der Waals surface area contributed by atoms with E-state index in [0.29, 0.717) is 5.92 Å². The van der Waals surface area contributed by atoms with Crippen LogP contribution in [0.1, 0.15) is 46.0 Å². The topological polar surface area (TPSA) is 49.3 Å². The van der Waals surface area contributed by atoms with Gasteiger partial charge >= 0.3 is 5.97 Å². The summed E-state index contributed by atoms with van der Waals surface area (Å²) >= 11 is 0. The van der Waals surface area contributed by atoms with Crippen molar-refractivity contribution in [3.8, 4) is 0 Å². The Kier molecular flexibility index (Phi) is 3.93. The molecule has 3 nitrogen and oxygen atoms in total. The summed E-state index contributed by atoms with van der Waals surface area (Å²) in [4.78, 5) is 11.2. The SMILES string of the molecule is CCNC(C)(C(=O)O)C1CCCCC1. The lowest BCUT2D eigenvalue weighted by Gasteiger charge is -2.37. The molecule has 1 atom stereocenters. The van der Waals surface area contributed by atoms with Crippen molar-refractivity contribution in [2.75, 3.05) is 6.54 Å². The van der Waals surface area contributed by atoms with E-state index in [1.54, 1.807) is 0 Å². The Morgan fingerprint density at radius 1 is 1.43 bits per heavy atom. The Balaban J connectivity index is 2.69. The van der Waals surface area contributed by atoms with Crippen LogP contribution in [0.3, 0.4) is 0 Å². The standard InChI is InChI=1S/C11H21NO2/c1-3-12-11(2,10(13)14)9-7-5-4-6-8-9/h9,12H,3-8H2,1-2H3,(H,13,14). The maximum absolute atomic E-state index is 11.2. The van der Waals surface area contributed by atoms with Crippen molar-refractivity contribution in [3.05, 3.63) is 0 Å². The quantitative estimate of drug-likeness (QED) is 0.728. The van der Waals surface area contributed by atoms with Gasteiger partial charge in [0.15, 0.2) is 0 Å². The number of hydrogen-bond acceptors (Lipinski definition) is 2. The average molecular weight is 199 g/mol. The van der Waals surface area contributed by atoms with Crippen molar-refractivity contribution in [1.82, 2.24) is 5.32 Å². The third kappa shape index (κ3) is 2.27. The molecule has 2 N–H and O–H groups in total. The van der Waals surface area contributed by atoms with Gasteiger partial charge in [-0.25, -0.2) is 0 Å². The molecule has 14 heavy (non-hydrogen) atoms. The van der Waals surface area contributed by atoms with E-state index < -0.39 is 11.5 Å². The van der Waals surface area contributed by atoms with Crippen LogP contribution in [0.4, 0.5) is 0 Å². The fourth-order valence-electron chi connectivity index (χ4n) is 2.44. The van der Waals surface area contributed by atoms with Crippen molar-refractivity contribution in [2.24, 2.45) is 5.92 Å². The maximum atomic E-state index is 11.2. The largest absolute Gasteiger partial charge is 0.480 e. The summed E-state index contributed by atoms with van der Waals surface area (Å²) in [6, 6.07) is 0. The summed E-state index contributed by atoms with van der Waals surface area (Å²) in [6.07, 6.45) is 5.72. The molecule has 3 heteroatoms. The van der Waals surface area contributed by atoms with Crippen molar-refractivity contribution < 1.29 is 9.90 Å². The second-order valence-electron chi connectivity index (χ2n) is 4.37. The Morgan fingerprint density at radius 2 is 2.00 bits per heavy atom. The van der Waals surface area contributed by atoms with Gasteiger partial charge in [0.25, 0.3) is 0 Å². The molecular weight excluding hydrogens is 178 g/mol. The first-order valence-corrected chi connectivity index (χ1v) is 5.59. The van der Waals surface area contributed by atoms with Crippen molar-refractivity contribution in [3.63, 3.8) is 0 Å². The molecule has 1 saturated carbocycles. The summed E-state index contributed by atoms with van der Waals surface area (Å²) in [5, 5.41) is 12.4. The number of hydrogen-bond donors (Lipinski definition) is 2. The Labute approximate surface area is 85.9 Å². The molecular formula is C11H21NO2. The Morgan fingerprint density at radius 3 is 2.43 bits per heavy atom. The van der Waals surface area contributed by atoms with Gasteiger partial charge in [-0.2, -0.15) is 0 Å². The van der Waals surface area contributed by atoms with Gasteiger partial charge in [-0.05, 0) is 32.2 Å². The third-order valence-electron chi connectivity index (χ3n) is 3.41. The molecule has 0 aromatic carbocycles. The second-order valence-corrected chi connectivity index (χ2v) is 4.37. The lowest BCUT2D eigenvalue weighted by Crippen LogP contribution is -2.55. The van der Waals surface area contributed by atoms with Crippen LogP contribution in [0.15, 0.2) is 0 Å². The fourth-order valence-corrected chi connectivity index (χ4v) is 2.44. The third-order valence-corrected chi connectivity index (χ3v) is 3.41. The van der Waals surface area contributed by atoms with E-state index in [4.69, 9.17) is 0 Å². The van der Waals surface area contributed by atoms with Crippen LogP contribution in [0.25, 0.3) is 0 Å². The zero-order chi connectivity index (χ0) is 10.6. The fraction of sp³-hybridized carbons (Fsp3) is 0.909. The summed E-state index contributed by atoms with van der Waals surface area (Å²) in [7, 11) is 0. The molecule has 0 radical (unpaired) electrons. The minimum absolute atomic E-state index is 0.300. The van der Waals surface area contributed by atoms with E-state index in [9.17, 15) is 9.90 Å². The molecule has 82 valence electrons. The van der Waals surface area contributed by atoms with E-state index in [2.05, 4.69) is 5.32 Å². The molecule has 0 aliphatic heterocycles. The number of nitrogens with one attached hydrogen (secondary N) is 1. The zero-order valence-electron chi connectivity index (χ0n) is 9.18. The zero-order valence-corrected chi connectivity index (χ0v) is 9.18. The summed E-state index contributed by atoms with van der Waals surface area (Å²) in [5.41, 5.74) is -0.713. The number of aliphatic carboxylic acids is 1. The smallest absolute Gasteiger partial charge is 0.323 e. The van der Waals surface area contributed by atoms with Crippen LogP contribution in [-0.2, 0) is 4.79 Å². The maximum Gasteiger partial charge on any atom is 0.323 e. The molecule has 0 spiro atoms. The molecule has 0 aromatic rings. The lowest BCUT2D eigenvalue weighted by molar-refractivity contribution is -0.147. The van der Waals surface area contributed by atoms with Gasteiger partial charge in [0.05, 0.1) is 0 Å². The molecule has 1 rings (SSSR count). The van der Waals surface area contributed by atoms with Gasteiger partial charge in [-0.3, -0.25) is 4.79 Å². The normalized spacial score (nSPS) is 23.0. The highest BCUT2D eigenvalue weighted by Crippen LogP contribution is 2.32. The minimum Gasteiger partial charge on any atom is -0.480 e. The van der Waals surface area contributed by atoms with Gasteiger partial charge < -0.3 is 10.4 Å². The molecule has 0 amide bonds. The number of carboxylic acid groups (broad SMARTS) is 1. The molecule has 0 aromatic heterocycles. The predicted octanol–water partition coefficient (Wildman–Crippen LogP) is 2.02. The highest BCUT2D eigenvalue weighted by atomic mass is 16.4. The monoisotopic (exact) mass is 199 g/mol. The first-order valence-electron chi connectivity index (χ1n) is 5.59. The van der Waals surface area contributed by atoms with E-state index >= 15 is 0 Å². The van der Waals surface area contributed by atoms with Gasteiger partial charge in [-0.15, -0.1) is 0 Å². The van der Waals surface area contributed by atoms with Crippen molar-refractivity contribution in [2.45, 2.75) is 51.5 Å². The molecule has 0 heterocycles. The Bertz CT molecular complexity index is 199. The highest BCUT2D eigenvalue weighted by Gasteiger charge is 2.40. The van der Waals surface area contributed by atoms with Crippen molar-refractivity contribution >= 4 is 5.97 Å². The van der Waals surface area contributed by atoms with E-state index in [1.165, 1.54) is 19.3 Å². The number of rotatable bonds is 4. The molecule has 1 aliphatic carbocycles. The van der Waals surface area contributed by atoms with Crippen LogP contribution in [0.2, 0.25) is 0 Å². The van der Waals surface area contributed by atoms with Gasteiger partial charge in [0.2, 0.25) is 0 Å². The number of likely N-dealkylation sites (N-methyl/N-ethyl adjacent to an activating group) is 1. The summed E-state index contributed by atoms with van der Waals surface area (Å²) in [6.45, 7) is 4.51. The van der Waals surface area contributed by atoms with Gasteiger partial charge in [0.1, 0.15) is 5.54 Å². The minimum atomic E-state index is -0.713. The van der Waals surface area contributed by atoms with E-state index in [-0.39, 0.29) is 0 Å². The highest BCUT2D eigenvalue weighted by molar-refractivity contribution is 5.78. The van der Waals surface area contributed by atoms with Crippen molar-refractivity contribution in [1.29, 1.82) is 0 Å². The molecule has 1 fully saturated rings. The average Bonchev–Trinajstić information content (AvgIpc) is 2.19. The van der Waals surface area contributed by atoms with Crippen LogP contribution >= 0.6 is 0 Å². The van der Waals surface area contributed by atoms with E-state index in [1.807, 2.05) is 13.8 Å². The van der Waals surface area contributed by atoms with E-state index in [0.717, 1.165) is 19.4 Å². The van der Waals surface area contributed by atoms with Crippen LogP contribution < -0.4 is 5.32 Å². The first-order chi connectivity index (χ1) is 6.61. The molecule has 0 saturated heterocycles. The van der Waals surface area contributed by atoms with Crippen LogP contribution in [0, 0.1) is 5.92 Å². The van der Waals surface area contributed by atoms with Gasteiger partial charge in [-0.1, -0.05) is 26.2 Å². The first kappa shape index (κ1) is 11.5. The van der Waals surface area contributed by atoms with Crippen LogP contribution in [-0.4, -0.2) is 23.2 Å². The second kappa shape index (κ2) is 4.78. The molecule has 1 aliphatic rings. The molecule has 0 bridgehead atoms. The summed E-state index contributed by atoms with van der Waals surface area (Å²) < 4.78 is 0. The van der Waals surface area contributed by atoms with Crippen LogP contribution in [0.5, 0.6) is 0 Å².